The molecule has 1 aromatic rings. The summed E-state index contributed by atoms with van der Waals surface area (Å²) in [6.07, 6.45) is 0.322. The highest BCUT2D eigenvalue weighted by Gasteiger charge is 2.11. The number of ether oxygens (including phenoxy) is 1. The van der Waals surface area contributed by atoms with Gasteiger partial charge in [0.2, 0.25) is 0 Å². The van der Waals surface area contributed by atoms with Gasteiger partial charge in [-0.25, -0.2) is 0 Å². The molecule has 0 radical (unpaired) electrons. The maximum Gasteiger partial charge on any atom is 0.181 e. The van der Waals surface area contributed by atoms with Crippen LogP contribution in [0.5, 0.6) is 5.75 Å². The van der Waals surface area contributed by atoms with Crippen molar-refractivity contribution in [2.75, 3.05) is 0 Å². The van der Waals surface area contributed by atoms with Gasteiger partial charge in [0.15, 0.2) is 6.10 Å². The lowest BCUT2D eigenvalue weighted by Crippen LogP contribution is -2.19. The topological polar surface area (TPSA) is 59.0 Å². The van der Waals surface area contributed by atoms with E-state index in [-0.39, 0.29) is 6.04 Å². The third kappa shape index (κ3) is 3.25. The molecule has 2 N–H and O–H groups in total. The van der Waals surface area contributed by atoms with Crippen molar-refractivity contribution in [3.8, 4) is 11.8 Å². The average Bonchev–Trinajstić information content (AvgIpc) is 2.22. The van der Waals surface area contributed by atoms with E-state index in [4.69, 9.17) is 15.7 Å². The lowest BCUT2D eigenvalue weighted by molar-refractivity contribution is 0.271. The van der Waals surface area contributed by atoms with Crippen molar-refractivity contribution < 1.29 is 4.74 Å². The van der Waals surface area contributed by atoms with Crippen LogP contribution in [0.1, 0.15) is 25.0 Å². The van der Waals surface area contributed by atoms with Crippen molar-refractivity contribution in [1.29, 1.82) is 5.26 Å². The first-order valence-electron chi connectivity index (χ1n) is 5.45. The molecular formula is C13H18N2O. The third-order valence-corrected chi connectivity index (χ3v) is 2.31. The highest BCUT2D eigenvalue weighted by atomic mass is 16.5. The number of hydrogen-bond acceptors (Lipinski definition) is 3. The molecule has 0 aromatic heterocycles. The SMILES string of the molecule is Cc1cccc(CC(C)N)c1OC(C)C#N. The standard InChI is InChI=1S/C13H18N2O/c1-9-5-4-6-12(7-10(2)15)13(9)16-11(3)8-14/h4-6,10-11H,7,15H2,1-3H3. The molecule has 0 aliphatic rings. The molecule has 1 rings (SSSR count). The van der Waals surface area contributed by atoms with Crippen LogP contribution in [0.2, 0.25) is 0 Å². The van der Waals surface area contributed by atoms with Crippen molar-refractivity contribution in [2.45, 2.75) is 39.3 Å². The van der Waals surface area contributed by atoms with E-state index in [0.717, 1.165) is 23.3 Å². The van der Waals surface area contributed by atoms with Crippen LogP contribution in [0.25, 0.3) is 0 Å². The zero-order chi connectivity index (χ0) is 12.1. The summed E-state index contributed by atoms with van der Waals surface area (Å²) in [4.78, 5) is 0. The molecule has 0 aliphatic carbocycles. The van der Waals surface area contributed by atoms with Gasteiger partial charge in [0, 0.05) is 6.04 Å². The molecule has 1 aromatic carbocycles. The number of hydrogen-bond donors (Lipinski definition) is 1. The van der Waals surface area contributed by atoms with Crippen molar-refractivity contribution in [1.82, 2.24) is 0 Å². The molecule has 3 heteroatoms. The van der Waals surface area contributed by atoms with Crippen LogP contribution in [0.3, 0.4) is 0 Å². The van der Waals surface area contributed by atoms with Crippen LogP contribution in [0, 0.1) is 18.3 Å². The number of nitrogens with two attached hydrogens (primary N) is 1. The van der Waals surface area contributed by atoms with Crippen LogP contribution in [-0.2, 0) is 6.42 Å². The molecule has 0 spiro atoms. The monoisotopic (exact) mass is 218 g/mol. The molecule has 0 aliphatic heterocycles. The second kappa shape index (κ2) is 5.53. The fourth-order valence-electron chi connectivity index (χ4n) is 1.59. The van der Waals surface area contributed by atoms with Gasteiger partial charge in [-0.15, -0.1) is 0 Å². The Labute approximate surface area is 96.8 Å². The number of aryl methyl sites for hydroxylation is 1. The zero-order valence-electron chi connectivity index (χ0n) is 10.0. The van der Waals surface area contributed by atoms with Crippen LogP contribution < -0.4 is 10.5 Å². The normalized spacial score (nSPS) is 13.9. The largest absolute Gasteiger partial charge is 0.475 e. The quantitative estimate of drug-likeness (QED) is 0.842. The van der Waals surface area contributed by atoms with E-state index in [0.29, 0.717) is 0 Å². The smallest absolute Gasteiger partial charge is 0.181 e. The van der Waals surface area contributed by atoms with Gasteiger partial charge in [0.05, 0.1) is 0 Å². The molecule has 0 bridgehead atoms. The molecule has 86 valence electrons. The van der Waals surface area contributed by atoms with Crippen molar-refractivity contribution in [3.05, 3.63) is 29.3 Å². The lowest BCUT2D eigenvalue weighted by Gasteiger charge is -2.16. The highest BCUT2D eigenvalue weighted by Crippen LogP contribution is 2.25. The molecule has 0 saturated heterocycles. The minimum Gasteiger partial charge on any atom is -0.475 e. The molecule has 0 fully saturated rings. The predicted molar refractivity (Wildman–Crippen MR) is 64.2 cm³/mol. The average molecular weight is 218 g/mol. The number of benzene rings is 1. The first-order chi connectivity index (χ1) is 7.54. The molecule has 2 atom stereocenters. The molecule has 0 heterocycles. The van der Waals surface area contributed by atoms with Gasteiger partial charge in [-0.05, 0) is 38.3 Å². The van der Waals surface area contributed by atoms with Crippen LogP contribution >= 0.6 is 0 Å². The highest BCUT2D eigenvalue weighted by molar-refractivity contribution is 5.41. The fraction of sp³-hybridized carbons (Fsp3) is 0.462. The van der Waals surface area contributed by atoms with Crippen LogP contribution in [0.4, 0.5) is 0 Å². The summed E-state index contributed by atoms with van der Waals surface area (Å²) in [5.41, 5.74) is 7.89. The summed E-state index contributed by atoms with van der Waals surface area (Å²) in [6, 6.07) is 8.11. The van der Waals surface area contributed by atoms with E-state index in [1.54, 1.807) is 6.92 Å². The van der Waals surface area contributed by atoms with Gasteiger partial charge in [-0.3, -0.25) is 0 Å². The summed E-state index contributed by atoms with van der Waals surface area (Å²) in [5, 5.41) is 8.76. The molecule has 16 heavy (non-hydrogen) atoms. The molecule has 3 nitrogen and oxygen atoms in total. The molecular weight excluding hydrogens is 200 g/mol. The summed E-state index contributed by atoms with van der Waals surface area (Å²) in [6.45, 7) is 5.67. The van der Waals surface area contributed by atoms with E-state index in [9.17, 15) is 0 Å². The molecule has 0 amide bonds. The van der Waals surface area contributed by atoms with E-state index < -0.39 is 6.10 Å². The predicted octanol–water partition coefficient (Wildman–Crippen LogP) is 2.18. The van der Waals surface area contributed by atoms with Crippen molar-refractivity contribution in [3.63, 3.8) is 0 Å². The van der Waals surface area contributed by atoms with E-state index in [1.807, 2.05) is 32.0 Å². The Bertz CT molecular complexity index is 393. The Hall–Kier alpha value is -1.53. The summed E-state index contributed by atoms with van der Waals surface area (Å²) in [5.74, 6) is 0.800. The second-order valence-electron chi connectivity index (χ2n) is 4.13. The maximum absolute atomic E-state index is 8.76. The Balaban J connectivity index is 2.99. The third-order valence-electron chi connectivity index (χ3n) is 2.31. The van der Waals surface area contributed by atoms with Crippen molar-refractivity contribution >= 4 is 0 Å². The number of rotatable bonds is 4. The molecule has 0 saturated carbocycles. The first-order valence-corrected chi connectivity index (χ1v) is 5.45. The minimum atomic E-state index is -0.437. The Morgan fingerprint density at radius 1 is 1.44 bits per heavy atom. The second-order valence-corrected chi connectivity index (χ2v) is 4.13. The zero-order valence-corrected chi connectivity index (χ0v) is 10.0. The van der Waals surface area contributed by atoms with Gasteiger partial charge >= 0.3 is 0 Å². The minimum absolute atomic E-state index is 0.0848. The van der Waals surface area contributed by atoms with Gasteiger partial charge in [0.25, 0.3) is 0 Å². The van der Waals surface area contributed by atoms with Gasteiger partial charge in [-0.2, -0.15) is 5.26 Å². The van der Waals surface area contributed by atoms with Gasteiger partial charge in [0.1, 0.15) is 11.8 Å². The van der Waals surface area contributed by atoms with Crippen LogP contribution in [0.15, 0.2) is 18.2 Å². The van der Waals surface area contributed by atoms with Gasteiger partial charge < -0.3 is 10.5 Å². The Morgan fingerprint density at radius 2 is 2.12 bits per heavy atom. The first kappa shape index (κ1) is 12.5. The van der Waals surface area contributed by atoms with E-state index >= 15 is 0 Å². The number of nitriles is 1. The Morgan fingerprint density at radius 3 is 2.69 bits per heavy atom. The van der Waals surface area contributed by atoms with Gasteiger partial charge in [-0.1, -0.05) is 18.2 Å². The van der Waals surface area contributed by atoms with E-state index in [1.165, 1.54) is 0 Å². The Kier molecular flexibility index (Phi) is 4.33. The van der Waals surface area contributed by atoms with Crippen molar-refractivity contribution in [2.24, 2.45) is 5.73 Å². The molecule has 2 unspecified atom stereocenters. The fourth-order valence-corrected chi connectivity index (χ4v) is 1.59. The maximum atomic E-state index is 8.76. The van der Waals surface area contributed by atoms with Crippen LogP contribution in [-0.4, -0.2) is 12.1 Å². The summed E-state index contributed by atoms with van der Waals surface area (Å²) in [7, 11) is 0. The lowest BCUT2D eigenvalue weighted by atomic mass is 10.0. The summed E-state index contributed by atoms with van der Waals surface area (Å²) >= 11 is 0. The summed E-state index contributed by atoms with van der Waals surface area (Å²) < 4.78 is 5.61. The van der Waals surface area contributed by atoms with E-state index in [2.05, 4.69) is 6.07 Å². The number of nitrogens with zero attached hydrogens (tertiary/aromatic N) is 1. The number of para-hydroxylation sites is 1.